The first-order valence-corrected chi connectivity index (χ1v) is 10.3. The molecule has 0 amide bonds. The van der Waals surface area contributed by atoms with Gasteiger partial charge >= 0.3 is 5.97 Å². The molecule has 30 heavy (non-hydrogen) atoms. The summed E-state index contributed by atoms with van der Waals surface area (Å²) in [6.07, 6.45) is 1.80. The normalized spacial score (nSPS) is 11.4. The van der Waals surface area contributed by atoms with Crippen LogP contribution in [0.4, 0.5) is 5.82 Å². The standard InChI is InChI=1S/C21H16N6O2S/c1-29-20(28)15-18(22)27(26-19(15)30-2)21-23-16-13-9-5-3-7-11(13)12-8-4-6-10-14(12)17(16)24-25-21/h3-10H,22H2,1-2H3. The average Bonchev–Trinajstić information content (AvgIpc) is 3.14. The average molecular weight is 416 g/mol. The molecule has 0 spiro atoms. The van der Waals surface area contributed by atoms with Gasteiger partial charge in [0, 0.05) is 10.8 Å². The SMILES string of the molecule is COC(=O)c1c(SC)nn(-c2nnc3c4ccccc4c4ccccc4c3n2)c1N. The third-order valence-corrected chi connectivity index (χ3v) is 5.66. The summed E-state index contributed by atoms with van der Waals surface area (Å²) < 4.78 is 6.17. The molecule has 5 rings (SSSR count). The van der Waals surface area contributed by atoms with Gasteiger partial charge in [0.05, 0.1) is 7.11 Å². The lowest BCUT2D eigenvalue weighted by atomic mass is 10.00. The number of benzene rings is 3. The van der Waals surface area contributed by atoms with E-state index >= 15 is 0 Å². The maximum Gasteiger partial charge on any atom is 0.344 e. The van der Waals surface area contributed by atoms with E-state index in [0.29, 0.717) is 16.1 Å². The van der Waals surface area contributed by atoms with Crippen molar-refractivity contribution in [2.24, 2.45) is 0 Å². The van der Waals surface area contributed by atoms with Crippen molar-refractivity contribution in [3.63, 3.8) is 0 Å². The first-order chi connectivity index (χ1) is 14.6. The summed E-state index contributed by atoms with van der Waals surface area (Å²) in [6.45, 7) is 0. The van der Waals surface area contributed by atoms with Crippen molar-refractivity contribution in [1.82, 2.24) is 25.0 Å². The number of esters is 1. The molecular weight excluding hydrogens is 400 g/mol. The molecule has 0 aliphatic carbocycles. The minimum Gasteiger partial charge on any atom is -0.465 e. The van der Waals surface area contributed by atoms with Crippen LogP contribution in [0, 0.1) is 0 Å². The first-order valence-electron chi connectivity index (χ1n) is 9.09. The van der Waals surface area contributed by atoms with Gasteiger partial charge in [-0.25, -0.2) is 9.78 Å². The highest BCUT2D eigenvalue weighted by molar-refractivity contribution is 7.98. The number of thioether (sulfide) groups is 1. The summed E-state index contributed by atoms with van der Waals surface area (Å²) >= 11 is 1.29. The fourth-order valence-electron chi connectivity index (χ4n) is 3.62. The number of methoxy groups -OCH3 is 1. The van der Waals surface area contributed by atoms with Crippen LogP contribution >= 0.6 is 11.8 Å². The molecule has 0 atom stereocenters. The Balaban J connectivity index is 1.84. The second-order valence-electron chi connectivity index (χ2n) is 6.57. The number of ether oxygens (including phenoxy) is 1. The molecule has 5 aromatic rings. The van der Waals surface area contributed by atoms with Gasteiger partial charge in [-0.3, -0.25) is 0 Å². The van der Waals surface area contributed by atoms with Gasteiger partial charge in [0.25, 0.3) is 5.95 Å². The number of rotatable bonds is 3. The molecule has 3 aromatic carbocycles. The van der Waals surface area contributed by atoms with Gasteiger partial charge in [0.1, 0.15) is 27.4 Å². The van der Waals surface area contributed by atoms with E-state index in [1.807, 2.05) is 36.4 Å². The van der Waals surface area contributed by atoms with Crippen molar-refractivity contribution < 1.29 is 9.53 Å². The van der Waals surface area contributed by atoms with E-state index in [9.17, 15) is 4.79 Å². The van der Waals surface area contributed by atoms with Crippen molar-refractivity contribution in [3.8, 4) is 5.95 Å². The van der Waals surface area contributed by atoms with Crippen molar-refractivity contribution >= 4 is 56.1 Å². The minimum absolute atomic E-state index is 0.109. The molecule has 0 radical (unpaired) electrons. The van der Waals surface area contributed by atoms with Crippen LogP contribution in [-0.4, -0.2) is 44.3 Å². The lowest BCUT2D eigenvalue weighted by Gasteiger charge is -2.09. The Morgan fingerprint density at radius 1 is 0.967 bits per heavy atom. The monoisotopic (exact) mass is 416 g/mol. The lowest BCUT2D eigenvalue weighted by Crippen LogP contribution is -2.10. The Morgan fingerprint density at radius 2 is 1.57 bits per heavy atom. The third-order valence-electron chi connectivity index (χ3n) is 4.99. The van der Waals surface area contributed by atoms with Crippen LogP contribution < -0.4 is 5.73 Å². The van der Waals surface area contributed by atoms with Crippen LogP contribution in [0.25, 0.3) is 38.5 Å². The molecule has 0 aliphatic heterocycles. The highest BCUT2D eigenvalue weighted by Gasteiger charge is 2.25. The number of nitrogen functional groups attached to an aromatic ring is 1. The molecule has 0 saturated carbocycles. The molecule has 9 heteroatoms. The quantitative estimate of drug-likeness (QED) is 0.270. The van der Waals surface area contributed by atoms with E-state index in [4.69, 9.17) is 15.5 Å². The summed E-state index contributed by atoms with van der Waals surface area (Å²) in [5.41, 5.74) is 7.79. The fourth-order valence-corrected chi connectivity index (χ4v) is 4.18. The third kappa shape index (κ3) is 2.59. The summed E-state index contributed by atoms with van der Waals surface area (Å²) in [5, 5.41) is 17.6. The van der Waals surface area contributed by atoms with Crippen molar-refractivity contribution in [3.05, 3.63) is 54.1 Å². The van der Waals surface area contributed by atoms with Gasteiger partial charge in [0.2, 0.25) is 0 Å². The summed E-state index contributed by atoms with van der Waals surface area (Å²) in [4.78, 5) is 16.9. The van der Waals surface area contributed by atoms with E-state index in [-0.39, 0.29) is 17.3 Å². The first kappa shape index (κ1) is 18.3. The van der Waals surface area contributed by atoms with Gasteiger partial charge < -0.3 is 10.5 Å². The smallest absolute Gasteiger partial charge is 0.344 e. The number of carbonyl (C=O) groups excluding carboxylic acids is 1. The zero-order valence-electron chi connectivity index (χ0n) is 16.2. The predicted octanol–water partition coefficient (Wildman–Crippen LogP) is 3.61. The number of hydrogen-bond donors (Lipinski definition) is 1. The van der Waals surface area contributed by atoms with Crippen molar-refractivity contribution in [2.45, 2.75) is 5.03 Å². The number of fused-ring (bicyclic) bond motifs is 6. The molecule has 0 bridgehead atoms. The number of hydrogen-bond acceptors (Lipinski definition) is 8. The Labute approximate surface area is 175 Å². The molecule has 0 saturated heterocycles. The van der Waals surface area contributed by atoms with Crippen LogP contribution in [0.5, 0.6) is 0 Å². The Morgan fingerprint density at radius 3 is 2.17 bits per heavy atom. The minimum atomic E-state index is -0.562. The predicted molar refractivity (Wildman–Crippen MR) is 117 cm³/mol. The van der Waals surface area contributed by atoms with Crippen molar-refractivity contribution in [2.75, 3.05) is 19.1 Å². The van der Waals surface area contributed by atoms with Gasteiger partial charge in [-0.2, -0.15) is 9.78 Å². The molecule has 0 fully saturated rings. The topological polar surface area (TPSA) is 109 Å². The zero-order valence-corrected chi connectivity index (χ0v) is 17.0. The second-order valence-corrected chi connectivity index (χ2v) is 7.37. The van der Waals surface area contributed by atoms with Gasteiger partial charge in [-0.05, 0) is 17.0 Å². The van der Waals surface area contributed by atoms with E-state index in [0.717, 1.165) is 21.5 Å². The summed E-state index contributed by atoms with van der Waals surface area (Å²) in [5.74, 6) is -0.267. The number of aromatic nitrogens is 5. The molecule has 148 valence electrons. The second kappa shape index (κ2) is 6.96. The summed E-state index contributed by atoms with van der Waals surface area (Å²) in [7, 11) is 1.30. The molecule has 0 aliphatic rings. The number of carbonyl (C=O) groups is 1. The van der Waals surface area contributed by atoms with Crippen LogP contribution in [-0.2, 0) is 4.74 Å². The molecule has 2 aromatic heterocycles. The number of anilines is 1. The molecule has 2 heterocycles. The Bertz CT molecular complexity index is 1430. The fraction of sp³-hybridized carbons (Fsp3) is 0.0952. The molecular formula is C21H16N6O2S. The maximum atomic E-state index is 12.2. The maximum absolute atomic E-state index is 12.2. The van der Waals surface area contributed by atoms with E-state index in [1.54, 1.807) is 6.26 Å². The van der Waals surface area contributed by atoms with Crippen LogP contribution in [0.15, 0.2) is 53.6 Å². The van der Waals surface area contributed by atoms with Crippen LogP contribution in [0.2, 0.25) is 0 Å². The van der Waals surface area contributed by atoms with Gasteiger partial charge in [-0.15, -0.1) is 22.0 Å². The van der Waals surface area contributed by atoms with E-state index < -0.39 is 5.97 Å². The Hall–Kier alpha value is -3.72. The molecule has 8 nitrogen and oxygen atoms in total. The molecule has 0 unspecified atom stereocenters. The largest absolute Gasteiger partial charge is 0.465 e. The van der Waals surface area contributed by atoms with Gasteiger partial charge in [-0.1, -0.05) is 48.5 Å². The highest BCUT2D eigenvalue weighted by Crippen LogP contribution is 2.33. The molecule has 2 N–H and O–H groups in total. The van der Waals surface area contributed by atoms with E-state index in [2.05, 4.69) is 27.4 Å². The summed E-state index contributed by atoms with van der Waals surface area (Å²) in [6, 6.07) is 16.0. The van der Waals surface area contributed by atoms with Crippen LogP contribution in [0.1, 0.15) is 10.4 Å². The zero-order chi connectivity index (χ0) is 20.8. The van der Waals surface area contributed by atoms with Crippen LogP contribution in [0.3, 0.4) is 0 Å². The van der Waals surface area contributed by atoms with Gasteiger partial charge in [0.15, 0.2) is 0 Å². The highest BCUT2D eigenvalue weighted by atomic mass is 32.2. The Kier molecular flexibility index (Phi) is 4.25. The number of nitrogens with two attached hydrogens (primary N) is 1. The van der Waals surface area contributed by atoms with E-state index in [1.165, 1.54) is 23.6 Å². The lowest BCUT2D eigenvalue weighted by molar-refractivity contribution is 0.0598. The van der Waals surface area contributed by atoms with Crippen molar-refractivity contribution in [1.29, 1.82) is 0 Å². The number of nitrogens with zero attached hydrogens (tertiary/aromatic N) is 5.